The maximum atomic E-state index is 13.8. The Hall–Kier alpha value is -4.02. The highest BCUT2D eigenvalue weighted by Gasteiger charge is 2.39. The molecule has 3 amide bonds. The van der Waals surface area contributed by atoms with E-state index >= 15 is 0 Å². The highest BCUT2D eigenvalue weighted by atomic mass is 16.5. The Labute approximate surface area is 234 Å². The number of carbonyl (C=O) groups is 3. The molecule has 0 unspecified atom stereocenters. The molecule has 0 aliphatic carbocycles. The highest BCUT2D eigenvalue weighted by molar-refractivity contribution is 5.97. The molecule has 4 bridgehead atoms. The van der Waals surface area contributed by atoms with Crippen molar-refractivity contribution in [2.45, 2.75) is 57.0 Å². The fraction of sp³-hybridized carbons (Fsp3) is 0.517. The molecule has 3 heterocycles. The van der Waals surface area contributed by atoms with E-state index in [1.54, 1.807) is 31.3 Å². The number of pyridine rings is 1. The van der Waals surface area contributed by atoms with E-state index in [4.69, 9.17) is 18.9 Å². The molecule has 11 nitrogen and oxygen atoms in total. The van der Waals surface area contributed by atoms with Gasteiger partial charge >= 0.3 is 0 Å². The third-order valence-electron chi connectivity index (χ3n) is 7.48. The predicted molar refractivity (Wildman–Crippen MR) is 147 cm³/mol. The van der Waals surface area contributed by atoms with Gasteiger partial charge in [-0.1, -0.05) is 6.07 Å². The quantitative estimate of drug-likeness (QED) is 0.576. The van der Waals surface area contributed by atoms with Crippen molar-refractivity contribution in [3.8, 4) is 23.3 Å². The van der Waals surface area contributed by atoms with Crippen LogP contribution in [0.25, 0.3) is 0 Å². The summed E-state index contributed by atoms with van der Waals surface area (Å²) >= 11 is 0. The number of nitrogens with zero attached hydrogens (tertiary/aromatic N) is 2. The van der Waals surface area contributed by atoms with Crippen molar-refractivity contribution >= 4 is 17.7 Å². The largest absolute Gasteiger partial charge is 0.493 e. The number of benzene rings is 1. The molecule has 1 fully saturated rings. The number of hydrogen-bond donors (Lipinski definition) is 2. The molecule has 1 aromatic heterocycles. The molecule has 0 saturated carbocycles. The van der Waals surface area contributed by atoms with Crippen LogP contribution in [-0.2, 0) is 22.4 Å². The molecular weight excluding hydrogens is 516 g/mol. The number of amides is 3. The second-order valence-corrected chi connectivity index (χ2v) is 9.96. The summed E-state index contributed by atoms with van der Waals surface area (Å²) < 4.78 is 21.7. The Kier molecular flexibility index (Phi) is 9.68. The maximum Gasteiger partial charge on any atom is 0.259 e. The fourth-order valence-corrected chi connectivity index (χ4v) is 5.50. The van der Waals surface area contributed by atoms with Crippen molar-refractivity contribution in [2.24, 2.45) is 0 Å². The number of nitrogens with one attached hydrogen (secondary N) is 2. The number of hydrogen-bond acceptors (Lipinski definition) is 8. The zero-order valence-electron chi connectivity index (χ0n) is 23.6. The Bertz CT molecular complexity index is 1240. The summed E-state index contributed by atoms with van der Waals surface area (Å²) in [5.74, 6) is 1.21. The molecule has 0 spiro atoms. The summed E-state index contributed by atoms with van der Waals surface area (Å²) in [4.78, 5) is 45.6. The average Bonchev–Trinajstić information content (AvgIpc) is 3.37. The lowest BCUT2D eigenvalue weighted by molar-refractivity contribution is -0.123. The molecule has 2 atom stereocenters. The SMILES string of the molecule is COc1ccc(C(=O)N2[C@@H]3CC[C@H]2CC(=O)NCCCc2cc(cc(OC)c2OC)CCC(=O)NC3)c(OC)n1. The summed E-state index contributed by atoms with van der Waals surface area (Å²) in [5, 5.41) is 6.01. The summed E-state index contributed by atoms with van der Waals surface area (Å²) in [6, 6.07) is 6.55. The summed E-state index contributed by atoms with van der Waals surface area (Å²) in [6.07, 6.45) is 3.65. The Morgan fingerprint density at radius 3 is 2.42 bits per heavy atom. The molecule has 216 valence electrons. The molecule has 4 rings (SSSR count). The van der Waals surface area contributed by atoms with Gasteiger partial charge in [0.25, 0.3) is 5.91 Å². The fourth-order valence-electron chi connectivity index (χ4n) is 5.50. The van der Waals surface area contributed by atoms with E-state index in [1.165, 1.54) is 14.2 Å². The maximum absolute atomic E-state index is 13.8. The van der Waals surface area contributed by atoms with Crippen molar-refractivity contribution in [1.82, 2.24) is 20.5 Å². The number of ether oxygens (including phenoxy) is 4. The molecule has 0 radical (unpaired) electrons. The first-order chi connectivity index (χ1) is 19.4. The molecule has 2 aliphatic heterocycles. The van der Waals surface area contributed by atoms with Crippen LogP contribution in [0.2, 0.25) is 0 Å². The van der Waals surface area contributed by atoms with Crippen LogP contribution in [0.4, 0.5) is 0 Å². The highest BCUT2D eigenvalue weighted by Crippen LogP contribution is 2.34. The van der Waals surface area contributed by atoms with E-state index in [2.05, 4.69) is 15.6 Å². The van der Waals surface area contributed by atoms with Crippen molar-refractivity contribution < 1.29 is 33.3 Å². The van der Waals surface area contributed by atoms with Crippen LogP contribution in [0.3, 0.4) is 0 Å². The molecule has 40 heavy (non-hydrogen) atoms. The number of aryl methyl sites for hydroxylation is 2. The average molecular weight is 555 g/mol. The van der Waals surface area contributed by atoms with Crippen LogP contribution in [-0.4, -0.2) is 81.2 Å². The summed E-state index contributed by atoms with van der Waals surface area (Å²) in [7, 11) is 6.12. The second kappa shape index (κ2) is 13.4. The standard InChI is InChI=1S/C29H38N4O7/c1-37-23-15-18-7-11-24(34)31-17-21-9-8-20(16-25(35)30-13-5-6-19(14-18)27(23)39-3)33(21)29(36)22-10-12-26(38-2)32-28(22)40-4/h10,12,14-15,20-21H,5-9,11,13,16-17H2,1-4H3,(H,30,35)(H,31,34)/t20-,21+/m0/s1. The second-order valence-electron chi connectivity index (χ2n) is 9.96. The lowest BCUT2D eigenvalue weighted by Crippen LogP contribution is -2.48. The van der Waals surface area contributed by atoms with Gasteiger partial charge in [0.05, 0.1) is 28.4 Å². The molecule has 1 aromatic carbocycles. The first-order valence-electron chi connectivity index (χ1n) is 13.6. The first kappa shape index (κ1) is 29.0. The van der Waals surface area contributed by atoms with E-state index in [1.807, 2.05) is 12.1 Å². The number of carbonyl (C=O) groups excluding carboxylic acids is 3. The van der Waals surface area contributed by atoms with Crippen LogP contribution >= 0.6 is 0 Å². The van der Waals surface area contributed by atoms with Gasteiger partial charge in [-0.3, -0.25) is 14.4 Å². The van der Waals surface area contributed by atoms with Crippen LogP contribution in [0.15, 0.2) is 24.3 Å². The van der Waals surface area contributed by atoms with Gasteiger partial charge < -0.3 is 34.5 Å². The van der Waals surface area contributed by atoms with Crippen molar-refractivity contribution in [2.75, 3.05) is 41.5 Å². The van der Waals surface area contributed by atoms with E-state index < -0.39 is 0 Å². The minimum absolute atomic E-state index is 0.113. The van der Waals surface area contributed by atoms with Gasteiger partial charge in [-0.15, -0.1) is 0 Å². The molecule has 2 N–H and O–H groups in total. The Balaban J connectivity index is 1.58. The Morgan fingerprint density at radius 2 is 1.70 bits per heavy atom. The van der Waals surface area contributed by atoms with Gasteiger partial charge in [0.2, 0.25) is 23.6 Å². The van der Waals surface area contributed by atoms with Crippen LogP contribution < -0.4 is 29.6 Å². The monoisotopic (exact) mass is 554 g/mol. The van der Waals surface area contributed by atoms with Crippen LogP contribution in [0.5, 0.6) is 23.3 Å². The normalized spacial score (nSPS) is 20.1. The zero-order chi connectivity index (χ0) is 28.6. The minimum atomic E-state index is -0.323. The summed E-state index contributed by atoms with van der Waals surface area (Å²) in [5.41, 5.74) is 2.21. The van der Waals surface area contributed by atoms with Crippen molar-refractivity contribution in [3.05, 3.63) is 41.0 Å². The van der Waals surface area contributed by atoms with Crippen molar-refractivity contribution in [1.29, 1.82) is 0 Å². The Morgan fingerprint density at radius 1 is 0.900 bits per heavy atom. The summed E-state index contributed by atoms with van der Waals surface area (Å²) in [6.45, 7) is 0.765. The topological polar surface area (TPSA) is 128 Å². The predicted octanol–water partition coefficient (Wildman–Crippen LogP) is 2.29. The van der Waals surface area contributed by atoms with E-state index in [9.17, 15) is 14.4 Å². The van der Waals surface area contributed by atoms with Gasteiger partial charge in [-0.05, 0) is 55.4 Å². The lowest BCUT2D eigenvalue weighted by atomic mass is 10.0. The molecule has 11 heteroatoms. The first-order valence-corrected chi connectivity index (χ1v) is 13.6. The van der Waals surface area contributed by atoms with Gasteiger partial charge in [0.1, 0.15) is 5.56 Å². The van der Waals surface area contributed by atoms with E-state index in [-0.39, 0.29) is 60.6 Å². The van der Waals surface area contributed by atoms with Crippen LogP contribution in [0, 0.1) is 0 Å². The van der Waals surface area contributed by atoms with Gasteiger partial charge in [-0.2, -0.15) is 4.98 Å². The van der Waals surface area contributed by atoms with Gasteiger partial charge in [-0.25, -0.2) is 0 Å². The van der Waals surface area contributed by atoms with Crippen LogP contribution in [0.1, 0.15) is 53.6 Å². The smallest absolute Gasteiger partial charge is 0.259 e. The number of aromatic nitrogens is 1. The molecule has 2 aromatic rings. The zero-order valence-corrected chi connectivity index (χ0v) is 23.6. The van der Waals surface area contributed by atoms with Gasteiger partial charge in [0, 0.05) is 44.1 Å². The number of methoxy groups -OCH3 is 4. The van der Waals surface area contributed by atoms with Crippen molar-refractivity contribution in [3.63, 3.8) is 0 Å². The third kappa shape index (κ3) is 6.57. The van der Waals surface area contributed by atoms with E-state index in [0.717, 1.165) is 11.1 Å². The minimum Gasteiger partial charge on any atom is -0.493 e. The van der Waals surface area contributed by atoms with Gasteiger partial charge in [0.15, 0.2) is 11.5 Å². The molecular formula is C29H38N4O7. The van der Waals surface area contributed by atoms with E-state index in [0.29, 0.717) is 56.0 Å². The molecule has 1 saturated heterocycles. The lowest BCUT2D eigenvalue weighted by Gasteiger charge is -2.31. The third-order valence-corrected chi connectivity index (χ3v) is 7.48. The number of rotatable bonds is 5. The number of fused-ring (bicyclic) bond motifs is 4. The molecule has 2 aliphatic rings.